The maximum Gasteiger partial charge on any atom is 0.0377 e. The molecule has 1 atom stereocenters. The number of rotatable bonds is 8. The molecule has 0 rings (SSSR count). The second kappa shape index (κ2) is 9.91. The van der Waals surface area contributed by atoms with Gasteiger partial charge in [-0.1, -0.05) is 6.42 Å². The lowest BCUT2D eigenvalue weighted by atomic mass is 10.1. The van der Waals surface area contributed by atoms with Crippen molar-refractivity contribution in [3.8, 4) is 0 Å². The molecule has 0 radical (unpaired) electrons. The molecule has 0 heterocycles. The highest BCUT2D eigenvalue weighted by molar-refractivity contribution is 6.18. The van der Waals surface area contributed by atoms with E-state index in [1.165, 1.54) is 0 Å². The second-order valence-electron chi connectivity index (χ2n) is 2.68. The van der Waals surface area contributed by atoms with Crippen molar-refractivity contribution in [2.45, 2.75) is 25.3 Å². The molecule has 0 amide bonds. The Kier molecular flexibility index (Phi) is 10.6. The molecule has 0 aliphatic heterocycles. The Morgan fingerprint density at radius 3 is 2.25 bits per heavy atom. The highest BCUT2D eigenvalue weighted by Gasteiger charge is 2.04. The molecule has 74 valence electrons. The van der Waals surface area contributed by atoms with Gasteiger partial charge < -0.3 is 5.32 Å². The molecule has 1 nitrogen and oxygen atoms in total. The van der Waals surface area contributed by atoms with Gasteiger partial charge in [0.25, 0.3) is 0 Å². The van der Waals surface area contributed by atoms with E-state index in [1.54, 1.807) is 0 Å². The molecule has 0 aromatic heterocycles. The molecular weight excluding hydrogens is 216 g/mol. The van der Waals surface area contributed by atoms with Crippen LogP contribution < -0.4 is 5.32 Å². The lowest BCUT2D eigenvalue weighted by molar-refractivity contribution is 0.515. The van der Waals surface area contributed by atoms with Gasteiger partial charge in [0.2, 0.25) is 0 Å². The number of nitrogens with one attached hydrogen (secondary N) is 1. The Hall–Kier alpha value is 0.830. The molecule has 0 saturated carbocycles. The van der Waals surface area contributed by atoms with Crippen LogP contribution in [0.15, 0.2) is 0 Å². The third kappa shape index (κ3) is 7.48. The second-order valence-corrected chi connectivity index (χ2v) is 3.74. The summed E-state index contributed by atoms with van der Waals surface area (Å²) >= 11 is 16.8. The maximum absolute atomic E-state index is 5.74. The number of unbranched alkanes of at least 4 members (excludes halogenated alkanes) is 1. The number of hydrogen-bond donors (Lipinski definition) is 1. The van der Waals surface area contributed by atoms with Crippen molar-refractivity contribution in [3.63, 3.8) is 0 Å². The summed E-state index contributed by atoms with van der Waals surface area (Å²) in [6, 6.07) is 0.397. The van der Waals surface area contributed by atoms with Gasteiger partial charge in [-0.15, -0.1) is 34.8 Å². The lowest BCUT2D eigenvalue weighted by Gasteiger charge is -2.14. The SMILES string of the molecule is ClCCCCC(CCl)NCCCl. The zero-order chi connectivity index (χ0) is 9.23. The molecule has 0 aliphatic carbocycles. The van der Waals surface area contributed by atoms with E-state index in [1.807, 2.05) is 0 Å². The van der Waals surface area contributed by atoms with E-state index in [0.717, 1.165) is 31.7 Å². The third-order valence-electron chi connectivity index (χ3n) is 1.65. The van der Waals surface area contributed by atoms with Gasteiger partial charge in [0.15, 0.2) is 0 Å². The summed E-state index contributed by atoms with van der Waals surface area (Å²) in [7, 11) is 0. The largest absolute Gasteiger partial charge is 0.312 e. The molecular formula is C8H16Cl3N. The van der Waals surface area contributed by atoms with E-state index in [0.29, 0.717) is 17.8 Å². The highest BCUT2D eigenvalue weighted by Crippen LogP contribution is 2.03. The molecule has 1 N–H and O–H groups in total. The number of alkyl halides is 3. The normalized spacial score (nSPS) is 13.2. The fourth-order valence-corrected chi connectivity index (χ4v) is 1.54. The van der Waals surface area contributed by atoms with Crippen LogP contribution >= 0.6 is 34.8 Å². The molecule has 0 fully saturated rings. The first-order chi connectivity index (χ1) is 5.85. The fourth-order valence-electron chi connectivity index (χ4n) is 0.978. The molecule has 0 aromatic carbocycles. The van der Waals surface area contributed by atoms with Crippen LogP contribution in [0.1, 0.15) is 19.3 Å². The van der Waals surface area contributed by atoms with E-state index in [9.17, 15) is 0 Å². The monoisotopic (exact) mass is 231 g/mol. The highest BCUT2D eigenvalue weighted by atomic mass is 35.5. The number of hydrogen-bond acceptors (Lipinski definition) is 1. The van der Waals surface area contributed by atoms with E-state index < -0.39 is 0 Å². The zero-order valence-corrected chi connectivity index (χ0v) is 9.43. The van der Waals surface area contributed by atoms with Crippen LogP contribution in [0, 0.1) is 0 Å². The first kappa shape index (κ1) is 12.8. The molecule has 0 aliphatic rings. The molecule has 12 heavy (non-hydrogen) atoms. The van der Waals surface area contributed by atoms with E-state index in [-0.39, 0.29) is 0 Å². The van der Waals surface area contributed by atoms with Crippen molar-refractivity contribution in [2.75, 3.05) is 24.2 Å². The Labute approximate surface area is 89.8 Å². The quantitative estimate of drug-likeness (QED) is 0.501. The van der Waals surface area contributed by atoms with Gasteiger partial charge in [-0.05, 0) is 12.8 Å². The predicted octanol–water partition coefficient (Wildman–Crippen LogP) is 2.83. The molecule has 1 unspecified atom stereocenters. The Balaban J connectivity index is 3.26. The van der Waals surface area contributed by atoms with Gasteiger partial charge in [0.05, 0.1) is 0 Å². The van der Waals surface area contributed by atoms with Crippen LogP contribution in [-0.2, 0) is 0 Å². The zero-order valence-electron chi connectivity index (χ0n) is 7.16. The minimum atomic E-state index is 0.397. The first-order valence-corrected chi connectivity index (χ1v) is 5.86. The summed E-state index contributed by atoms with van der Waals surface area (Å²) in [5, 5.41) is 3.27. The summed E-state index contributed by atoms with van der Waals surface area (Å²) in [4.78, 5) is 0. The number of halogens is 3. The average Bonchev–Trinajstić information content (AvgIpc) is 2.11. The van der Waals surface area contributed by atoms with Gasteiger partial charge >= 0.3 is 0 Å². The maximum atomic E-state index is 5.74. The van der Waals surface area contributed by atoms with Crippen LogP contribution in [-0.4, -0.2) is 30.2 Å². The van der Waals surface area contributed by atoms with Crippen LogP contribution in [0.3, 0.4) is 0 Å². The molecule has 0 aromatic rings. The first-order valence-electron chi connectivity index (χ1n) is 4.26. The van der Waals surface area contributed by atoms with Crippen molar-refractivity contribution in [1.82, 2.24) is 5.32 Å². The standard InChI is InChI=1S/C8H16Cl3N/c9-4-2-1-3-8(7-11)12-6-5-10/h8,12H,1-7H2. The van der Waals surface area contributed by atoms with E-state index in [4.69, 9.17) is 34.8 Å². The van der Waals surface area contributed by atoms with Crippen molar-refractivity contribution in [3.05, 3.63) is 0 Å². The Bertz CT molecular complexity index is 90.4. The van der Waals surface area contributed by atoms with Crippen LogP contribution in [0.5, 0.6) is 0 Å². The van der Waals surface area contributed by atoms with Gasteiger partial charge in [-0.2, -0.15) is 0 Å². The minimum absolute atomic E-state index is 0.397. The lowest BCUT2D eigenvalue weighted by Crippen LogP contribution is -2.32. The van der Waals surface area contributed by atoms with Crippen molar-refractivity contribution < 1.29 is 0 Å². The minimum Gasteiger partial charge on any atom is -0.312 e. The summed E-state index contributed by atoms with van der Waals surface area (Å²) in [6.07, 6.45) is 3.29. The van der Waals surface area contributed by atoms with Gasteiger partial charge in [-0.3, -0.25) is 0 Å². The van der Waals surface area contributed by atoms with Gasteiger partial charge in [0.1, 0.15) is 0 Å². The van der Waals surface area contributed by atoms with Crippen LogP contribution in [0.25, 0.3) is 0 Å². The topological polar surface area (TPSA) is 12.0 Å². The summed E-state index contributed by atoms with van der Waals surface area (Å²) in [5.41, 5.74) is 0. The van der Waals surface area contributed by atoms with E-state index >= 15 is 0 Å². The smallest absolute Gasteiger partial charge is 0.0377 e. The van der Waals surface area contributed by atoms with Crippen molar-refractivity contribution >= 4 is 34.8 Å². The van der Waals surface area contributed by atoms with Crippen LogP contribution in [0.4, 0.5) is 0 Å². The molecule has 0 spiro atoms. The van der Waals surface area contributed by atoms with Gasteiger partial charge in [-0.25, -0.2) is 0 Å². The molecule has 4 heteroatoms. The molecule has 0 bridgehead atoms. The van der Waals surface area contributed by atoms with Crippen molar-refractivity contribution in [2.24, 2.45) is 0 Å². The van der Waals surface area contributed by atoms with E-state index in [2.05, 4.69) is 5.32 Å². The third-order valence-corrected chi connectivity index (χ3v) is 2.48. The van der Waals surface area contributed by atoms with Gasteiger partial charge in [0, 0.05) is 30.2 Å². The fraction of sp³-hybridized carbons (Fsp3) is 1.00. The van der Waals surface area contributed by atoms with Crippen LogP contribution in [0.2, 0.25) is 0 Å². The molecule has 0 saturated heterocycles. The summed E-state index contributed by atoms with van der Waals surface area (Å²) in [5.74, 6) is 2.03. The Morgan fingerprint density at radius 1 is 1.00 bits per heavy atom. The Morgan fingerprint density at radius 2 is 1.75 bits per heavy atom. The summed E-state index contributed by atoms with van der Waals surface area (Å²) in [6.45, 7) is 0.833. The average molecular weight is 233 g/mol. The summed E-state index contributed by atoms with van der Waals surface area (Å²) < 4.78 is 0. The van der Waals surface area contributed by atoms with Crippen molar-refractivity contribution in [1.29, 1.82) is 0 Å². The predicted molar refractivity (Wildman–Crippen MR) is 57.8 cm³/mol.